The first kappa shape index (κ1) is 16.6. The lowest BCUT2D eigenvalue weighted by Gasteiger charge is -2.29. The molecule has 1 aromatic carbocycles. The van der Waals surface area contributed by atoms with Crippen molar-refractivity contribution >= 4 is 9.84 Å². The van der Waals surface area contributed by atoms with E-state index >= 15 is 0 Å². The van der Waals surface area contributed by atoms with Gasteiger partial charge in [-0.05, 0) is 33.0 Å². The van der Waals surface area contributed by atoms with Gasteiger partial charge in [0.25, 0.3) is 0 Å². The van der Waals surface area contributed by atoms with Crippen LogP contribution in [0.25, 0.3) is 0 Å². The quantitative estimate of drug-likeness (QED) is 0.833. The third-order valence-corrected chi connectivity index (χ3v) is 5.40. The Morgan fingerprint density at radius 2 is 2.00 bits per heavy atom. The van der Waals surface area contributed by atoms with Crippen LogP contribution in [0.15, 0.2) is 18.2 Å². The van der Waals surface area contributed by atoms with Crippen molar-refractivity contribution < 1.29 is 12.8 Å². The molecule has 0 heterocycles. The SMILES string of the molecule is C[C@@H]([C@H](C)S(C)(=O)=O)N(C)Cc1ccc(C#N)cc1F. The Balaban J connectivity index is 2.86. The average Bonchev–Trinajstić information content (AvgIpc) is 2.38. The molecule has 0 unspecified atom stereocenters. The minimum atomic E-state index is -3.14. The minimum Gasteiger partial charge on any atom is -0.298 e. The van der Waals surface area contributed by atoms with Crippen molar-refractivity contribution in [2.75, 3.05) is 13.3 Å². The summed E-state index contributed by atoms with van der Waals surface area (Å²) in [4.78, 5) is 1.79. The highest BCUT2D eigenvalue weighted by Crippen LogP contribution is 2.16. The van der Waals surface area contributed by atoms with Crippen LogP contribution in [0.2, 0.25) is 0 Å². The first-order valence-corrected chi connectivity index (χ1v) is 8.20. The fraction of sp³-hybridized carbons (Fsp3) is 0.500. The maximum absolute atomic E-state index is 13.8. The van der Waals surface area contributed by atoms with Crippen molar-refractivity contribution in [2.24, 2.45) is 0 Å². The summed E-state index contributed by atoms with van der Waals surface area (Å²) in [5, 5.41) is 8.16. The Hall–Kier alpha value is -1.45. The van der Waals surface area contributed by atoms with Crippen LogP contribution in [-0.2, 0) is 16.4 Å². The molecule has 1 aromatic rings. The van der Waals surface area contributed by atoms with E-state index in [1.54, 1.807) is 37.9 Å². The number of sulfone groups is 1. The van der Waals surface area contributed by atoms with Crippen LogP contribution >= 0.6 is 0 Å². The van der Waals surface area contributed by atoms with Crippen LogP contribution in [-0.4, -0.2) is 37.9 Å². The van der Waals surface area contributed by atoms with Crippen molar-refractivity contribution in [3.8, 4) is 6.07 Å². The lowest BCUT2D eigenvalue weighted by atomic mass is 10.1. The molecule has 0 saturated carbocycles. The maximum atomic E-state index is 13.8. The van der Waals surface area contributed by atoms with E-state index in [4.69, 9.17) is 5.26 Å². The molecule has 0 aliphatic rings. The van der Waals surface area contributed by atoms with E-state index in [1.807, 2.05) is 6.07 Å². The summed E-state index contributed by atoms with van der Waals surface area (Å²) >= 11 is 0. The second-order valence-electron chi connectivity index (χ2n) is 5.11. The predicted octanol–water partition coefficient (Wildman–Crippen LogP) is 1.95. The molecule has 0 amide bonds. The maximum Gasteiger partial charge on any atom is 0.151 e. The van der Waals surface area contributed by atoms with E-state index in [9.17, 15) is 12.8 Å². The standard InChI is InChI=1S/C14H19FN2O2S/c1-10(11(2)20(4,18)19)17(3)9-13-6-5-12(8-16)7-14(13)15/h5-7,10-11H,9H2,1-4H3/t10-,11-/m0/s1. The van der Waals surface area contributed by atoms with E-state index in [0.29, 0.717) is 12.1 Å². The number of halogens is 1. The van der Waals surface area contributed by atoms with Crippen LogP contribution in [0.1, 0.15) is 25.0 Å². The van der Waals surface area contributed by atoms with Gasteiger partial charge in [0.15, 0.2) is 9.84 Å². The van der Waals surface area contributed by atoms with Gasteiger partial charge in [-0.15, -0.1) is 0 Å². The molecule has 4 nitrogen and oxygen atoms in total. The van der Waals surface area contributed by atoms with Gasteiger partial charge in [-0.2, -0.15) is 5.26 Å². The smallest absolute Gasteiger partial charge is 0.151 e. The van der Waals surface area contributed by atoms with Gasteiger partial charge in [0.05, 0.1) is 16.9 Å². The zero-order chi connectivity index (χ0) is 15.5. The number of hydrogen-bond acceptors (Lipinski definition) is 4. The summed E-state index contributed by atoms with van der Waals surface area (Å²) < 4.78 is 36.9. The van der Waals surface area contributed by atoms with Crippen LogP contribution in [0, 0.1) is 17.1 Å². The topological polar surface area (TPSA) is 61.2 Å². The lowest BCUT2D eigenvalue weighted by molar-refractivity contribution is 0.242. The molecule has 0 fully saturated rings. The first-order chi connectivity index (χ1) is 9.16. The molecular weight excluding hydrogens is 279 g/mol. The molecule has 0 aromatic heterocycles. The monoisotopic (exact) mass is 298 g/mol. The number of nitrogens with zero attached hydrogens (tertiary/aromatic N) is 2. The Labute approximate surface area is 119 Å². The molecule has 0 saturated heterocycles. The summed E-state index contributed by atoms with van der Waals surface area (Å²) in [6, 6.07) is 5.94. The molecule has 0 aliphatic heterocycles. The summed E-state index contributed by atoms with van der Waals surface area (Å²) in [6.07, 6.45) is 1.20. The van der Waals surface area contributed by atoms with Gasteiger partial charge in [0.1, 0.15) is 5.82 Å². The highest BCUT2D eigenvalue weighted by atomic mass is 32.2. The molecule has 0 radical (unpaired) electrons. The molecular formula is C14H19FN2O2S. The summed E-state index contributed by atoms with van der Waals surface area (Å²) in [5.74, 6) is -0.449. The second-order valence-corrected chi connectivity index (χ2v) is 7.51. The number of hydrogen-bond donors (Lipinski definition) is 0. The van der Waals surface area contributed by atoms with Gasteiger partial charge in [0.2, 0.25) is 0 Å². The van der Waals surface area contributed by atoms with Crippen LogP contribution < -0.4 is 0 Å². The van der Waals surface area contributed by atoms with Gasteiger partial charge < -0.3 is 0 Å². The van der Waals surface area contributed by atoms with E-state index in [-0.39, 0.29) is 11.6 Å². The zero-order valence-electron chi connectivity index (χ0n) is 12.1. The van der Waals surface area contributed by atoms with Crippen LogP contribution in [0.4, 0.5) is 4.39 Å². The normalized spacial score (nSPS) is 14.8. The molecule has 1 rings (SSSR count). The second kappa shape index (κ2) is 6.33. The Morgan fingerprint density at radius 3 is 2.45 bits per heavy atom. The molecule has 20 heavy (non-hydrogen) atoms. The highest BCUT2D eigenvalue weighted by Gasteiger charge is 2.25. The molecule has 110 valence electrons. The third-order valence-electron chi connectivity index (χ3n) is 3.65. The number of benzene rings is 1. The van der Waals surface area contributed by atoms with Gasteiger partial charge in [0, 0.05) is 24.4 Å². The fourth-order valence-corrected chi connectivity index (χ4v) is 2.80. The van der Waals surface area contributed by atoms with Crippen molar-refractivity contribution in [3.05, 3.63) is 35.1 Å². The van der Waals surface area contributed by atoms with E-state index in [1.165, 1.54) is 12.3 Å². The minimum absolute atomic E-state index is 0.236. The summed E-state index contributed by atoms with van der Waals surface area (Å²) in [7, 11) is -1.38. The first-order valence-electron chi connectivity index (χ1n) is 6.24. The average molecular weight is 298 g/mol. The molecule has 0 N–H and O–H groups in total. The Morgan fingerprint density at radius 1 is 1.40 bits per heavy atom. The van der Waals surface area contributed by atoms with Crippen molar-refractivity contribution in [2.45, 2.75) is 31.7 Å². The molecule has 2 atom stereocenters. The van der Waals surface area contributed by atoms with Gasteiger partial charge in [-0.3, -0.25) is 4.90 Å². The fourth-order valence-electron chi connectivity index (χ4n) is 1.87. The zero-order valence-corrected chi connectivity index (χ0v) is 12.9. The summed E-state index contributed by atoms with van der Waals surface area (Å²) in [6.45, 7) is 3.73. The summed E-state index contributed by atoms with van der Waals surface area (Å²) in [5.41, 5.74) is 0.713. The van der Waals surface area contributed by atoms with Crippen molar-refractivity contribution in [1.29, 1.82) is 5.26 Å². The highest BCUT2D eigenvalue weighted by molar-refractivity contribution is 7.91. The van der Waals surface area contributed by atoms with Gasteiger partial charge >= 0.3 is 0 Å². The predicted molar refractivity (Wildman–Crippen MR) is 76.3 cm³/mol. The van der Waals surface area contributed by atoms with Crippen LogP contribution in [0.5, 0.6) is 0 Å². The van der Waals surface area contributed by atoms with Crippen molar-refractivity contribution in [1.82, 2.24) is 4.90 Å². The Bertz CT molecular complexity index is 623. The molecule has 0 bridgehead atoms. The number of rotatable bonds is 5. The molecule has 0 aliphatic carbocycles. The van der Waals surface area contributed by atoms with Gasteiger partial charge in [-0.1, -0.05) is 6.07 Å². The van der Waals surface area contributed by atoms with E-state index in [0.717, 1.165) is 0 Å². The Kier molecular flexibility index (Phi) is 5.26. The van der Waals surface area contributed by atoms with Crippen molar-refractivity contribution in [3.63, 3.8) is 0 Å². The molecule has 6 heteroatoms. The number of nitriles is 1. The van der Waals surface area contributed by atoms with E-state index in [2.05, 4.69) is 0 Å². The lowest BCUT2D eigenvalue weighted by Crippen LogP contribution is -2.41. The van der Waals surface area contributed by atoms with E-state index < -0.39 is 20.9 Å². The largest absolute Gasteiger partial charge is 0.298 e. The van der Waals surface area contributed by atoms with Crippen LogP contribution in [0.3, 0.4) is 0 Å². The third kappa shape index (κ3) is 4.02. The van der Waals surface area contributed by atoms with Gasteiger partial charge in [-0.25, -0.2) is 12.8 Å². The molecule has 0 spiro atoms.